The number of hydrogen-bond acceptors (Lipinski definition) is 1. The highest BCUT2D eigenvalue weighted by atomic mass is 35.5. The lowest BCUT2D eigenvalue weighted by molar-refractivity contribution is 0.0515. The Labute approximate surface area is 101 Å². The highest BCUT2D eigenvalue weighted by molar-refractivity contribution is 6.30. The normalized spacial score (nSPS) is 14.5. The Hall–Kier alpha value is -0.860. The molecule has 0 aliphatic carbocycles. The van der Waals surface area contributed by atoms with E-state index in [0.717, 1.165) is 0 Å². The van der Waals surface area contributed by atoms with Crippen LogP contribution < -0.4 is 0 Å². The Kier molecular flexibility index (Phi) is 4.51. The molecule has 16 heavy (non-hydrogen) atoms. The number of hydrogen-bond donors (Lipinski definition) is 1. The number of allylic oxidation sites excluding steroid dienone is 1. The fourth-order valence-corrected chi connectivity index (χ4v) is 1.79. The summed E-state index contributed by atoms with van der Waals surface area (Å²) in [5.41, 5.74) is -0.485. The van der Waals surface area contributed by atoms with Crippen molar-refractivity contribution in [2.24, 2.45) is 0 Å². The van der Waals surface area contributed by atoms with Crippen LogP contribution in [0.1, 0.15) is 25.3 Å². The third-order valence-electron chi connectivity index (χ3n) is 2.47. The largest absolute Gasteiger partial charge is 0.390 e. The zero-order chi connectivity index (χ0) is 12.2. The van der Waals surface area contributed by atoms with Crippen LogP contribution in [-0.4, -0.2) is 10.7 Å². The first-order chi connectivity index (χ1) is 7.44. The summed E-state index contributed by atoms with van der Waals surface area (Å²) < 4.78 is 13.4. The quantitative estimate of drug-likeness (QED) is 0.780. The molecule has 0 saturated heterocycles. The van der Waals surface area contributed by atoms with Gasteiger partial charge in [-0.15, -0.1) is 6.58 Å². The van der Waals surface area contributed by atoms with Crippen molar-refractivity contribution in [3.05, 3.63) is 47.3 Å². The molecule has 0 fully saturated rings. The van der Waals surface area contributed by atoms with Crippen molar-refractivity contribution in [1.82, 2.24) is 0 Å². The van der Waals surface area contributed by atoms with Gasteiger partial charge in [-0.3, -0.25) is 0 Å². The van der Waals surface area contributed by atoms with E-state index < -0.39 is 5.60 Å². The van der Waals surface area contributed by atoms with Gasteiger partial charge in [0.25, 0.3) is 0 Å². The van der Waals surface area contributed by atoms with Crippen molar-refractivity contribution in [2.75, 3.05) is 0 Å². The maximum absolute atomic E-state index is 13.4. The number of rotatable bonds is 5. The monoisotopic (exact) mass is 242 g/mol. The molecular formula is C13H16ClFO. The maximum Gasteiger partial charge on any atom is 0.126 e. The predicted octanol–water partition coefficient (Wildman–Crippen LogP) is 3.74. The Morgan fingerprint density at radius 1 is 1.56 bits per heavy atom. The molecule has 0 aliphatic rings. The minimum absolute atomic E-state index is 0.257. The third-order valence-corrected chi connectivity index (χ3v) is 2.70. The van der Waals surface area contributed by atoms with Gasteiger partial charge in [0.15, 0.2) is 0 Å². The molecule has 88 valence electrons. The van der Waals surface area contributed by atoms with Crippen LogP contribution in [-0.2, 0) is 6.42 Å². The van der Waals surface area contributed by atoms with Gasteiger partial charge < -0.3 is 5.11 Å². The topological polar surface area (TPSA) is 20.2 Å². The molecule has 1 N–H and O–H groups in total. The highest BCUT2D eigenvalue weighted by Crippen LogP contribution is 2.23. The summed E-state index contributed by atoms with van der Waals surface area (Å²) in [4.78, 5) is 0. The zero-order valence-corrected chi connectivity index (χ0v) is 10.1. The molecule has 3 heteroatoms. The van der Waals surface area contributed by atoms with Crippen molar-refractivity contribution in [2.45, 2.75) is 31.8 Å². The summed E-state index contributed by atoms with van der Waals surface area (Å²) in [5.74, 6) is -0.330. The molecule has 0 heterocycles. The number of halogens is 2. The van der Waals surface area contributed by atoms with Crippen molar-refractivity contribution in [3.8, 4) is 0 Å². The summed E-state index contributed by atoms with van der Waals surface area (Å²) in [6.07, 6.45) is 3.26. The molecule has 1 rings (SSSR count). The predicted molar refractivity (Wildman–Crippen MR) is 65.2 cm³/mol. The SMILES string of the molecule is C=CCCC(C)(O)Cc1cc(Cl)ccc1F. The van der Waals surface area contributed by atoms with Crippen molar-refractivity contribution in [1.29, 1.82) is 0 Å². The Balaban J connectivity index is 2.78. The van der Waals surface area contributed by atoms with Crippen LogP contribution in [0.15, 0.2) is 30.9 Å². The van der Waals surface area contributed by atoms with Crippen LogP contribution in [0.5, 0.6) is 0 Å². The van der Waals surface area contributed by atoms with E-state index >= 15 is 0 Å². The fraction of sp³-hybridized carbons (Fsp3) is 0.385. The summed E-state index contributed by atoms with van der Waals surface area (Å²) in [6.45, 7) is 5.29. The van der Waals surface area contributed by atoms with Crippen LogP contribution >= 0.6 is 11.6 Å². The lowest BCUT2D eigenvalue weighted by Crippen LogP contribution is -2.27. The zero-order valence-electron chi connectivity index (χ0n) is 9.34. The molecular weight excluding hydrogens is 227 g/mol. The highest BCUT2D eigenvalue weighted by Gasteiger charge is 2.21. The molecule has 0 amide bonds. The average molecular weight is 243 g/mol. The van der Waals surface area contributed by atoms with Crippen LogP contribution in [0.2, 0.25) is 5.02 Å². The van der Waals surface area contributed by atoms with Crippen LogP contribution in [0.25, 0.3) is 0 Å². The van der Waals surface area contributed by atoms with Crippen LogP contribution in [0.3, 0.4) is 0 Å². The molecule has 0 aliphatic heterocycles. The Morgan fingerprint density at radius 3 is 2.88 bits per heavy atom. The lowest BCUT2D eigenvalue weighted by atomic mass is 9.91. The van der Waals surface area contributed by atoms with Gasteiger partial charge in [0.2, 0.25) is 0 Å². The fourth-order valence-electron chi connectivity index (χ4n) is 1.59. The summed E-state index contributed by atoms with van der Waals surface area (Å²) >= 11 is 5.79. The second kappa shape index (κ2) is 5.46. The van der Waals surface area contributed by atoms with E-state index in [0.29, 0.717) is 23.4 Å². The molecule has 0 bridgehead atoms. The lowest BCUT2D eigenvalue weighted by Gasteiger charge is -2.23. The maximum atomic E-state index is 13.4. The van der Waals surface area contributed by atoms with E-state index in [1.165, 1.54) is 12.1 Å². The molecule has 1 unspecified atom stereocenters. The van der Waals surface area contributed by atoms with E-state index in [-0.39, 0.29) is 12.2 Å². The van der Waals surface area contributed by atoms with Gasteiger partial charge in [0.05, 0.1) is 5.60 Å². The first kappa shape index (κ1) is 13.2. The summed E-state index contributed by atoms with van der Waals surface area (Å²) in [5, 5.41) is 10.5. The van der Waals surface area contributed by atoms with Gasteiger partial charge in [-0.2, -0.15) is 0 Å². The summed E-state index contributed by atoms with van der Waals surface area (Å²) in [7, 11) is 0. The molecule has 1 atom stereocenters. The Bertz CT molecular complexity index is 374. The van der Waals surface area contributed by atoms with Gasteiger partial charge in [0, 0.05) is 11.4 Å². The van der Waals surface area contributed by atoms with Gasteiger partial charge in [0.1, 0.15) is 5.82 Å². The van der Waals surface area contributed by atoms with Gasteiger partial charge in [-0.25, -0.2) is 4.39 Å². The van der Waals surface area contributed by atoms with E-state index in [4.69, 9.17) is 11.6 Å². The molecule has 0 saturated carbocycles. The smallest absolute Gasteiger partial charge is 0.126 e. The minimum atomic E-state index is -0.931. The van der Waals surface area contributed by atoms with Crippen molar-refractivity contribution in [3.63, 3.8) is 0 Å². The number of aliphatic hydroxyl groups is 1. The Morgan fingerprint density at radius 2 is 2.25 bits per heavy atom. The molecule has 1 aromatic carbocycles. The van der Waals surface area contributed by atoms with Gasteiger partial charge in [-0.1, -0.05) is 17.7 Å². The first-order valence-corrected chi connectivity index (χ1v) is 5.59. The minimum Gasteiger partial charge on any atom is -0.390 e. The van der Waals surface area contributed by atoms with E-state index in [9.17, 15) is 9.50 Å². The van der Waals surface area contributed by atoms with Crippen LogP contribution in [0.4, 0.5) is 4.39 Å². The molecule has 0 aromatic heterocycles. The van der Waals surface area contributed by atoms with Gasteiger partial charge >= 0.3 is 0 Å². The van der Waals surface area contributed by atoms with E-state index in [2.05, 4.69) is 6.58 Å². The molecule has 1 aromatic rings. The van der Waals surface area contributed by atoms with Crippen LogP contribution in [0, 0.1) is 5.82 Å². The van der Waals surface area contributed by atoms with E-state index in [1.807, 2.05) is 0 Å². The second-order valence-corrected chi connectivity index (χ2v) is 4.67. The third kappa shape index (κ3) is 3.95. The second-order valence-electron chi connectivity index (χ2n) is 4.24. The average Bonchev–Trinajstić information content (AvgIpc) is 2.20. The number of benzene rings is 1. The molecule has 1 nitrogen and oxygen atoms in total. The first-order valence-electron chi connectivity index (χ1n) is 5.22. The standard InChI is InChI=1S/C13H16ClFO/c1-3-4-7-13(2,16)9-10-8-11(14)5-6-12(10)15/h3,5-6,8,16H,1,4,7,9H2,2H3. The summed E-state index contributed by atoms with van der Waals surface area (Å²) in [6, 6.07) is 4.37. The van der Waals surface area contributed by atoms with Crippen molar-refractivity contribution >= 4 is 11.6 Å². The molecule has 0 radical (unpaired) electrons. The van der Waals surface area contributed by atoms with E-state index in [1.54, 1.807) is 19.1 Å². The molecule has 0 spiro atoms. The van der Waals surface area contributed by atoms with Gasteiger partial charge in [-0.05, 0) is 43.5 Å². The van der Waals surface area contributed by atoms with Crippen molar-refractivity contribution < 1.29 is 9.50 Å².